The van der Waals surface area contributed by atoms with Gasteiger partial charge in [-0.05, 0) is 18.2 Å². The van der Waals surface area contributed by atoms with Gasteiger partial charge in [-0.2, -0.15) is 0 Å². The third-order valence-electron chi connectivity index (χ3n) is 3.49. The van der Waals surface area contributed by atoms with Crippen molar-refractivity contribution in [3.05, 3.63) is 23.8 Å². The average molecular weight is 330 g/mol. The van der Waals surface area contributed by atoms with E-state index in [9.17, 15) is 25.2 Å². The van der Waals surface area contributed by atoms with Gasteiger partial charge in [0.1, 0.15) is 24.4 Å². The third kappa shape index (κ3) is 3.54. The van der Waals surface area contributed by atoms with Crippen LogP contribution in [0.2, 0.25) is 0 Å². The summed E-state index contributed by atoms with van der Waals surface area (Å²) in [5, 5.41) is 47.6. The molecule has 0 bridgehead atoms. The van der Waals surface area contributed by atoms with E-state index in [1.54, 1.807) is 0 Å². The summed E-state index contributed by atoms with van der Waals surface area (Å²) in [6.07, 6.45) is -7.62. The lowest BCUT2D eigenvalue weighted by atomic mass is 9.99. The van der Waals surface area contributed by atoms with E-state index in [0.717, 1.165) is 0 Å². The van der Waals surface area contributed by atoms with E-state index in [1.807, 2.05) is 0 Å². The largest absolute Gasteiger partial charge is 0.504 e. The zero-order valence-corrected chi connectivity index (χ0v) is 12.2. The molecule has 23 heavy (non-hydrogen) atoms. The van der Waals surface area contributed by atoms with E-state index in [1.165, 1.54) is 25.3 Å². The van der Waals surface area contributed by atoms with E-state index in [-0.39, 0.29) is 17.1 Å². The monoisotopic (exact) mass is 330 g/mol. The van der Waals surface area contributed by atoms with Gasteiger partial charge in [0.15, 0.2) is 11.5 Å². The van der Waals surface area contributed by atoms with Crippen LogP contribution in [0.1, 0.15) is 10.4 Å². The van der Waals surface area contributed by atoms with Crippen LogP contribution < -0.4 is 4.74 Å². The molecular formula is C14H18O9. The van der Waals surface area contributed by atoms with Crippen LogP contribution in [0.25, 0.3) is 0 Å². The van der Waals surface area contributed by atoms with Crippen LogP contribution in [0, 0.1) is 0 Å². The van der Waals surface area contributed by atoms with Gasteiger partial charge in [0.05, 0.1) is 19.3 Å². The number of aliphatic hydroxyl groups excluding tert-OH is 4. The highest BCUT2D eigenvalue weighted by atomic mass is 16.7. The number of aliphatic hydroxyl groups is 4. The predicted octanol–water partition coefficient (Wildman–Crippen LogP) is -1.64. The first-order valence-electron chi connectivity index (χ1n) is 6.77. The first kappa shape index (κ1) is 17.4. The number of ether oxygens (including phenoxy) is 3. The number of esters is 1. The van der Waals surface area contributed by atoms with Crippen LogP contribution in [0.5, 0.6) is 11.5 Å². The van der Waals surface area contributed by atoms with E-state index in [4.69, 9.17) is 19.3 Å². The highest BCUT2D eigenvalue weighted by Gasteiger charge is 2.45. The topological polar surface area (TPSA) is 146 Å². The maximum atomic E-state index is 12.1. The number of carbonyl (C=O) groups is 1. The molecule has 2 rings (SSSR count). The minimum atomic E-state index is -1.68. The predicted molar refractivity (Wildman–Crippen MR) is 73.8 cm³/mol. The number of methoxy groups -OCH3 is 1. The van der Waals surface area contributed by atoms with E-state index < -0.39 is 43.3 Å². The van der Waals surface area contributed by atoms with Crippen molar-refractivity contribution in [3.8, 4) is 11.5 Å². The third-order valence-corrected chi connectivity index (χ3v) is 3.49. The summed E-state index contributed by atoms with van der Waals surface area (Å²) < 4.78 is 14.9. The van der Waals surface area contributed by atoms with Crippen LogP contribution in [-0.2, 0) is 9.47 Å². The fourth-order valence-electron chi connectivity index (χ4n) is 2.14. The molecular weight excluding hydrogens is 312 g/mol. The Morgan fingerprint density at radius 3 is 2.52 bits per heavy atom. The lowest BCUT2D eigenvalue weighted by molar-refractivity contribution is -0.285. The van der Waals surface area contributed by atoms with Gasteiger partial charge in [0.2, 0.25) is 6.29 Å². The second kappa shape index (κ2) is 7.11. The summed E-state index contributed by atoms with van der Waals surface area (Å²) in [6, 6.07) is 3.72. The Morgan fingerprint density at radius 1 is 1.22 bits per heavy atom. The van der Waals surface area contributed by atoms with E-state index in [0.29, 0.717) is 0 Å². The number of hydrogen-bond donors (Lipinski definition) is 5. The van der Waals surface area contributed by atoms with Gasteiger partial charge in [-0.15, -0.1) is 0 Å². The smallest absolute Gasteiger partial charge is 0.340 e. The molecule has 0 aromatic heterocycles. The summed E-state index contributed by atoms with van der Waals surface area (Å²) in [5.74, 6) is -1.03. The number of aromatic hydroxyl groups is 1. The van der Waals surface area contributed by atoms with Gasteiger partial charge >= 0.3 is 5.97 Å². The normalized spacial score (nSPS) is 30.7. The Hall–Kier alpha value is -1.91. The van der Waals surface area contributed by atoms with Gasteiger partial charge in [0.25, 0.3) is 0 Å². The van der Waals surface area contributed by atoms with Crippen LogP contribution in [0.15, 0.2) is 18.2 Å². The minimum Gasteiger partial charge on any atom is -0.504 e. The molecule has 1 unspecified atom stereocenters. The SMILES string of the molecule is COc1cc(C(=O)OC2O[C@H](CO)[C@@H](O)[C@H](O)[C@H]2O)ccc1O. The lowest BCUT2D eigenvalue weighted by Gasteiger charge is -2.39. The lowest BCUT2D eigenvalue weighted by Crippen LogP contribution is -2.59. The Bertz CT molecular complexity index is 559. The zero-order chi connectivity index (χ0) is 17.1. The molecule has 9 heteroatoms. The molecule has 0 radical (unpaired) electrons. The molecule has 1 aliphatic heterocycles. The van der Waals surface area contributed by atoms with Gasteiger partial charge in [-0.1, -0.05) is 0 Å². The number of phenolic OH excluding ortho intramolecular Hbond substituents is 1. The molecule has 128 valence electrons. The number of rotatable bonds is 4. The number of hydrogen-bond acceptors (Lipinski definition) is 9. The highest BCUT2D eigenvalue weighted by Crippen LogP contribution is 2.28. The van der Waals surface area contributed by atoms with Crippen molar-refractivity contribution in [3.63, 3.8) is 0 Å². The fourth-order valence-corrected chi connectivity index (χ4v) is 2.14. The molecule has 5 atom stereocenters. The van der Waals surface area contributed by atoms with E-state index in [2.05, 4.69) is 0 Å². The van der Waals surface area contributed by atoms with Crippen molar-refractivity contribution < 1.29 is 44.5 Å². The number of benzene rings is 1. The molecule has 1 aromatic carbocycles. The standard InChI is InChI=1S/C14H18O9/c1-21-8-4-6(2-3-7(8)16)13(20)23-14-12(19)11(18)10(17)9(5-15)22-14/h2-4,9-12,14-19H,5H2,1H3/t9-,10-,11+,12-,14?/m1/s1. The maximum Gasteiger partial charge on any atom is 0.340 e. The fraction of sp³-hybridized carbons (Fsp3) is 0.500. The van der Waals surface area contributed by atoms with Crippen LogP contribution >= 0.6 is 0 Å². The molecule has 9 nitrogen and oxygen atoms in total. The van der Waals surface area contributed by atoms with Crippen molar-refractivity contribution in [1.29, 1.82) is 0 Å². The Labute approximate surface area is 131 Å². The van der Waals surface area contributed by atoms with Gasteiger partial charge in [-0.3, -0.25) is 0 Å². The Kier molecular flexibility index (Phi) is 5.39. The zero-order valence-electron chi connectivity index (χ0n) is 12.2. The highest BCUT2D eigenvalue weighted by molar-refractivity contribution is 5.90. The van der Waals surface area contributed by atoms with Crippen molar-refractivity contribution in [2.45, 2.75) is 30.7 Å². The number of phenols is 1. The maximum absolute atomic E-state index is 12.1. The first-order chi connectivity index (χ1) is 10.9. The molecule has 1 heterocycles. The second-order valence-corrected chi connectivity index (χ2v) is 4.99. The van der Waals surface area contributed by atoms with Gasteiger partial charge in [0, 0.05) is 0 Å². The quantitative estimate of drug-likeness (QED) is 0.410. The first-order valence-corrected chi connectivity index (χ1v) is 6.77. The molecule has 0 amide bonds. The summed E-state index contributed by atoms with van der Waals surface area (Å²) in [6.45, 7) is -0.633. The van der Waals surface area contributed by atoms with Crippen molar-refractivity contribution in [1.82, 2.24) is 0 Å². The average Bonchev–Trinajstić information content (AvgIpc) is 2.55. The molecule has 5 N–H and O–H groups in total. The summed E-state index contributed by atoms with van der Waals surface area (Å²) >= 11 is 0. The summed E-state index contributed by atoms with van der Waals surface area (Å²) in [5.41, 5.74) is 0.0108. The molecule has 0 saturated carbocycles. The van der Waals surface area contributed by atoms with Crippen LogP contribution in [0.3, 0.4) is 0 Å². The van der Waals surface area contributed by atoms with Crippen molar-refractivity contribution in [2.24, 2.45) is 0 Å². The van der Waals surface area contributed by atoms with E-state index >= 15 is 0 Å². The van der Waals surface area contributed by atoms with Crippen LogP contribution in [0.4, 0.5) is 0 Å². The molecule has 1 aliphatic rings. The van der Waals surface area contributed by atoms with Crippen molar-refractivity contribution in [2.75, 3.05) is 13.7 Å². The van der Waals surface area contributed by atoms with Crippen molar-refractivity contribution >= 4 is 5.97 Å². The molecule has 0 aliphatic carbocycles. The summed E-state index contributed by atoms with van der Waals surface area (Å²) in [4.78, 5) is 12.1. The number of carbonyl (C=O) groups excluding carboxylic acids is 1. The molecule has 0 spiro atoms. The van der Waals surface area contributed by atoms with Gasteiger partial charge in [-0.25, -0.2) is 4.79 Å². The Balaban J connectivity index is 2.12. The molecule has 1 saturated heterocycles. The molecule has 1 aromatic rings. The minimum absolute atomic E-state index is 0.0108. The second-order valence-electron chi connectivity index (χ2n) is 4.99. The van der Waals surface area contributed by atoms with Crippen LogP contribution in [-0.4, -0.2) is 75.9 Å². The Morgan fingerprint density at radius 2 is 1.91 bits per heavy atom. The summed E-state index contributed by atoms with van der Waals surface area (Å²) in [7, 11) is 1.31. The molecule has 1 fully saturated rings. The van der Waals surface area contributed by atoms with Gasteiger partial charge < -0.3 is 39.7 Å².